The number of nitrogens with zero attached hydrogens (tertiary/aromatic N) is 4. The first-order valence-corrected chi connectivity index (χ1v) is 8.64. The van der Waals surface area contributed by atoms with E-state index in [1.54, 1.807) is 43.6 Å². The summed E-state index contributed by atoms with van der Waals surface area (Å²) in [6, 6.07) is 8.51. The van der Waals surface area contributed by atoms with Gasteiger partial charge >= 0.3 is 0 Å². The minimum Gasteiger partial charge on any atom is -0.344 e. The summed E-state index contributed by atoms with van der Waals surface area (Å²) >= 11 is 5.96. The Balaban J connectivity index is 1.42. The van der Waals surface area contributed by atoms with Crippen LogP contribution in [0.4, 0.5) is 0 Å². The maximum absolute atomic E-state index is 12.3. The number of fused-ring (bicyclic) bond motifs is 1. The molecule has 3 heterocycles. The van der Waals surface area contributed by atoms with E-state index in [4.69, 9.17) is 16.1 Å². The molecule has 1 amide bonds. The summed E-state index contributed by atoms with van der Waals surface area (Å²) in [5.41, 5.74) is 2.29. The summed E-state index contributed by atoms with van der Waals surface area (Å²) in [6.07, 6.45) is 3.41. The number of hydrogen-bond donors (Lipinski definition) is 2. The number of nitrogens with one attached hydrogen (secondary N) is 2. The average Bonchev–Trinajstić information content (AvgIpc) is 3.28. The van der Waals surface area contributed by atoms with Gasteiger partial charge in [-0.2, -0.15) is 4.98 Å². The van der Waals surface area contributed by atoms with Crippen molar-refractivity contribution < 1.29 is 9.32 Å². The number of carbonyl (C=O) groups is 1. The summed E-state index contributed by atoms with van der Waals surface area (Å²) in [6.45, 7) is 1.77. The molecule has 3 aromatic heterocycles. The van der Waals surface area contributed by atoms with E-state index >= 15 is 0 Å². The van der Waals surface area contributed by atoms with Gasteiger partial charge in [0.05, 0.1) is 17.5 Å². The molecule has 136 valence electrons. The minimum atomic E-state index is -0.436. The van der Waals surface area contributed by atoms with Crippen LogP contribution < -0.4 is 5.32 Å². The number of benzene rings is 1. The van der Waals surface area contributed by atoms with E-state index in [-0.39, 0.29) is 12.3 Å². The highest BCUT2D eigenvalue weighted by Gasteiger charge is 2.18. The predicted molar refractivity (Wildman–Crippen MR) is 98.9 cm³/mol. The van der Waals surface area contributed by atoms with Crippen LogP contribution in [0.5, 0.6) is 0 Å². The lowest BCUT2D eigenvalue weighted by Crippen LogP contribution is -2.28. The third kappa shape index (κ3) is 3.80. The van der Waals surface area contributed by atoms with Crippen LogP contribution in [0.25, 0.3) is 22.4 Å². The van der Waals surface area contributed by atoms with Gasteiger partial charge in [0.25, 0.3) is 0 Å². The molecule has 0 radical (unpaired) electrons. The lowest BCUT2D eigenvalue weighted by atomic mass is 10.2. The Labute approximate surface area is 159 Å². The van der Waals surface area contributed by atoms with Crippen molar-refractivity contribution in [2.75, 3.05) is 0 Å². The van der Waals surface area contributed by atoms with Crippen molar-refractivity contribution in [3.05, 3.63) is 59.5 Å². The Morgan fingerprint density at radius 1 is 1.33 bits per heavy atom. The zero-order chi connectivity index (χ0) is 18.8. The number of amides is 1. The molecule has 0 bridgehead atoms. The van der Waals surface area contributed by atoms with Crippen LogP contribution in [0.15, 0.2) is 47.2 Å². The maximum atomic E-state index is 12.3. The second-order valence-electron chi connectivity index (χ2n) is 6.01. The number of pyridine rings is 1. The third-order valence-corrected chi connectivity index (χ3v) is 4.17. The second kappa shape index (κ2) is 7.16. The molecule has 9 heteroatoms. The van der Waals surface area contributed by atoms with Gasteiger partial charge in [0, 0.05) is 23.0 Å². The molecular weight excluding hydrogens is 368 g/mol. The van der Waals surface area contributed by atoms with Crippen molar-refractivity contribution in [1.82, 2.24) is 30.4 Å². The minimum absolute atomic E-state index is 0.0975. The van der Waals surface area contributed by atoms with Crippen molar-refractivity contribution in [2.24, 2.45) is 0 Å². The number of aromatic nitrogens is 5. The van der Waals surface area contributed by atoms with E-state index in [1.807, 2.05) is 6.07 Å². The van der Waals surface area contributed by atoms with Gasteiger partial charge < -0.3 is 14.8 Å². The fraction of sp³-hybridized carbons (Fsp3) is 0.167. The predicted octanol–water partition coefficient (Wildman–Crippen LogP) is 3.08. The molecular formula is C18H15ClN6O2. The number of imidazole rings is 1. The standard InChI is InChI=1S/C18H15ClN6O2/c1-10(18-24-17(25-27-18)11-3-2-6-20-9-11)21-16(26)8-15-22-13-5-4-12(19)7-14(13)23-15/h2-7,9-10H,8H2,1H3,(H,21,26)(H,22,23)/t10-/m1/s1. The zero-order valence-corrected chi connectivity index (χ0v) is 15.1. The molecule has 0 fully saturated rings. The van der Waals surface area contributed by atoms with Gasteiger partial charge in [-0.15, -0.1) is 0 Å². The first kappa shape index (κ1) is 17.2. The van der Waals surface area contributed by atoms with Crippen LogP contribution in [-0.2, 0) is 11.2 Å². The highest BCUT2D eigenvalue weighted by Crippen LogP contribution is 2.19. The van der Waals surface area contributed by atoms with Gasteiger partial charge in [-0.25, -0.2) is 4.98 Å². The molecule has 4 rings (SSSR count). The average molecular weight is 383 g/mol. The Hall–Kier alpha value is -3.26. The van der Waals surface area contributed by atoms with Gasteiger partial charge in [0.1, 0.15) is 11.9 Å². The van der Waals surface area contributed by atoms with Crippen LogP contribution >= 0.6 is 11.6 Å². The zero-order valence-electron chi connectivity index (χ0n) is 14.3. The number of rotatable bonds is 5. The Kier molecular flexibility index (Phi) is 4.55. The Bertz CT molecular complexity index is 1090. The maximum Gasteiger partial charge on any atom is 0.249 e. The summed E-state index contributed by atoms with van der Waals surface area (Å²) in [4.78, 5) is 28.1. The van der Waals surface area contributed by atoms with Crippen molar-refractivity contribution in [2.45, 2.75) is 19.4 Å². The number of hydrogen-bond acceptors (Lipinski definition) is 6. The molecule has 0 aliphatic carbocycles. The monoisotopic (exact) mass is 382 g/mol. The Morgan fingerprint density at radius 2 is 2.22 bits per heavy atom. The molecule has 2 N–H and O–H groups in total. The SMILES string of the molecule is C[C@@H](NC(=O)Cc1nc2ccc(Cl)cc2[nH]1)c1nc(-c2cccnc2)no1. The molecule has 0 spiro atoms. The largest absolute Gasteiger partial charge is 0.344 e. The molecule has 27 heavy (non-hydrogen) atoms. The normalized spacial score (nSPS) is 12.2. The van der Waals surface area contributed by atoms with Crippen LogP contribution in [0, 0.1) is 0 Å². The first-order chi connectivity index (χ1) is 13.1. The van der Waals surface area contributed by atoms with Crippen LogP contribution in [-0.4, -0.2) is 31.0 Å². The molecule has 0 unspecified atom stereocenters. The van der Waals surface area contributed by atoms with E-state index in [0.717, 1.165) is 16.6 Å². The summed E-state index contributed by atoms with van der Waals surface area (Å²) in [7, 11) is 0. The lowest BCUT2D eigenvalue weighted by molar-refractivity contribution is -0.121. The van der Waals surface area contributed by atoms with E-state index < -0.39 is 6.04 Å². The summed E-state index contributed by atoms with van der Waals surface area (Å²) in [5, 5.41) is 7.36. The van der Waals surface area contributed by atoms with Crippen molar-refractivity contribution >= 4 is 28.5 Å². The summed E-state index contributed by atoms with van der Waals surface area (Å²) < 4.78 is 5.25. The van der Waals surface area contributed by atoms with Crippen LogP contribution in [0.1, 0.15) is 24.7 Å². The van der Waals surface area contributed by atoms with Crippen molar-refractivity contribution in [1.29, 1.82) is 0 Å². The molecule has 1 atom stereocenters. The van der Waals surface area contributed by atoms with E-state index in [9.17, 15) is 4.79 Å². The molecule has 1 aromatic carbocycles. The van der Waals surface area contributed by atoms with Crippen molar-refractivity contribution in [3.63, 3.8) is 0 Å². The van der Waals surface area contributed by atoms with Crippen LogP contribution in [0.2, 0.25) is 5.02 Å². The van der Waals surface area contributed by atoms with Gasteiger partial charge in [-0.05, 0) is 37.3 Å². The summed E-state index contributed by atoms with van der Waals surface area (Å²) in [5.74, 6) is 1.08. The van der Waals surface area contributed by atoms with Crippen LogP contribution in [0.3, 0.4) is 0 Å². The van der Waals surface area contributed by atoms with Gasteiger partial charge in [-0.1, -0.05) is 16.8 Å². The van der Waals surface area contributed by atoms with Gasteiger partial charge in [0.2, 0.25) is 17.6 Å². The third-order valence-electron chi connectivity index (χ3n) is 3.93. The smallest absolute Gasteiger partial charge is 0.249 e. The lowest BCUT2D eigenvalue weighted by Gasteiger charge is -2.08. The molecule has 8 nitrogen and oxygen atoms in total. The van der Waals surface area contributed by atoms with Gasteiger partial charge in [0.15, 0.2) is 0 Å². The molecule has 0 saturated carbocycles. The fourth-order valence-electron chi connectivity index (χ4n) is 2.65. The molecule has 0 aliphatic rings. The number of carbonyl (C=O) groups excluding carboxylic acids is 1. The first-order valence-electron chi connectivity index (χ1n) is 8.26. The highest BCUT2D eigenvalue weighted by molar-refractivity contribution is 6.31. The highest BCUT2D eigenvalue weighted by atomic mass is 35.5. The number of halogens is 1. The molecule has 4 aromatic rings. The van der Waals surface area contributed by atoms with E-state index in [0.29, 0.717) is 22.6 Å². The Morgan fingerprint density at radius 3 is 3.04 bits per heavy atom. The fourth-order valence-corrected chi connectivity index (χ4v) is 2.82. The number of aromatic amines is 1. The van der Waals surface area contributed by atoms with Crippen molar-refractivity contribution in [3.8, 4) is 11.4 Å². The van der Waals surface area contributed by atoms with Gasteiger partial charge in [-0.3, -0.25) is 9.78 Å². The molecule has 0 aliphatic heterocycles. The quantitative estimate of drug-likeness (QED) is 0.549. The number of H-pyrrole nitrogens is 1. The van der Waals surface area contributed by atoms with E-state index in [2.05, 4.69) is 30.4 Å². The topological polar surface area (TPSA) is 110 Å². The second-order valence-corrected chi connectivity index (χ2v) is 6.45. The molecule has 0 saturated heterocycles. The van der Waals surface area contributed by atoms with E-state index in [1.165, 1.54) is 0 Å².